The summed E-state index contributed by atoms with van der Waals surface area (Å²) in [6.07, 6.45) is 1.32. The lowest BCUT2D eigenvalue weighted by atomic mass is 9.97. The minimum Gasteiger partial charge on any atom is -0.157 e. The molecule has 1 aliphatic rings. The molecular weight excluding hydrogens is 268 g/mol. The van der Waals surface area contributed by atoms with E-state index < -0.39 is 0 Å². The molecule has 0 spiro atoms. The van der Waals surface area contributed by atoms with Gasteiger partial charge < -0.3 is 0 Å². The van der Waals surface area contributed by atoms with E-state index in [4.69, 9.17) is 0 Å². The first-order chi connectivity index (χ1) is 9.45. The Morgan fingerprint density at radius 3 is 1.63 bits per heavy atom. The summed E-state index contributed by atoms with van der Waals surface area (Å²) in [6.45, 7) is 0. The molecule has 3 rings (SSSR count). The summed E-state index contributed by atoms with van der Waals surface area (Å²) in [6, 6.07) is 17.8. The second kappa shape index (κ2) is 6.53. The SMILES string of the molecule is c1ccc2c(c1)CSCCCSCc1ccccc1-2. The molecule has 0 radical (unpaired) electrons. The van der Waals surface area contributed by atoms with E-state index in [0.717, 1.165) is 11.5 Å². The first-order valence-corrected chi connectivity index (χ1v) is 9.08. The second-order valence-corrected chi connectivity index (χ2v) is 6.98. The van der Waals surface area contributed by atoms with E-state index in [-0.39, 0.29) is 0 Å². The van der Waals surface area contributed by atoms with Gasteiger partial charge in [-0.3, -0.25) is 0 Å². The zero-order valence-electron chi connectivity index (χ0n) is 11.0. The van der Waals surface area contributed by atoms with E-state index in [0.29, 0.717) is 0 Å². The lowest BCUT2D eigenvalue weighted by Gasteiger charge is -2.12. The van der Waals surface area contributed by atoms with Crippen molar-refractivity contribution < 1.29 is 0 Å². The summed E-state index contributed by atoms with van der Waals surface area (Å²) >= 11 is 4.13. The first kappa shape index (κ1) is 13.1. The highest BCUT2D eigenvalue weighted by Crippen LogP contribution is 2.32. The Hall–Kier alpha value is -0.860. The molecule has 0 N–H and O–H groups in total. The van der Waals surface area contributed by atoms with E-state index >= 15 is 0 Å². The molecule has 0 fully saturated rings. The molecule has 0 aromatic heterocycles. The van der Waals surface area contributed by atoms with Crippen molar-refractivity contribution in [2.24, 2.45) is 0 Å². The van der Waals surface area contributed by atoms with Crippen LogP contribution in [0.25, 0.3) is 11.1 Å². The van der Waals surface area contributed by atoms with Crippen LogP contribution in [0.3, 0.4) is 0 Å². The zero-order valence-corrected chi connectivity index (χ0v) is 12.6. The summed E-state index contributed by atoms with van der Waals surface area (Å²) in [7, 11) is 0. The number of thioether (sulfide) groups is 2. The molecule has 1 heterocycles. The molecule has 0 nitrogen and oxygen atoms in total. The van der Waals surface area contributed by atoms with Gasteiger partial charge in [-0.1, -0.05) is 48.5 Å². The maximum Gasteiger partial charge on any atom is 0.0190 e. The minimum absolute atomic E-state index is 1.13. The molecule has 2 heteroatoms. The van der Waals surface area contributed by atoms with Crippen molar-refractivity contribution in [2.45, 2.75) is 17.9 Å². The third-order valence-electron chi connectivity index (χ3n) is 3.42. The van der Waals surface area contributed by atoms with Gasteiger partial charge in [0.15, 0.2) is 0 Å². The van der Waals surface area contributed by atoms with Crippen molar-refractivity contribution in [3.05, 3.63) is 59.7 Å². The fourth-order valence-electron chi connectivity index (χ4n) is 2.45. The summed E-state index contributed by atoms with van der Waals surface area (Å²) in [5.41, 5.74) is 5.81. The third-order valence-corrected chi connectivity index (χ3v) is 5.60. The highest BCUT2D eigenvalue weighted by atomic mass is 32.2. The van der Waals surface area contributed by atoms with Crippen LogP contribution in [0, 0.1) is 0 Å². The number of hydrogen-bond donors (Lipinski definition) is 0. The zero-order chi connectivity index (χ0) is 12.9. The van der Waals surface area contributed by atoms with Gasteiger partial charge in [0.2, 0.25) is 0 Å². The van der Waals surface area contributed by atoms with E-state index in [2.05, 4.69) is 72.1 Å². The van der Waals surface area contributed by atoms with Gasteiger partial charge in [-0.25, -0.2) is 0 Å². The average Bonchev–Trinajstić information content (AvgIpc) is 2.50. The summed E-state index contributed by atoms with van der Waals surface area (Å²) < 4.78 is 0. The Kier molecular flexibility index (Phi) is 4.52. The number of rotatable bonds is 0. The monoisotopic (exact) mass is 286 g/mol. The van der Waals surface area contributed by atoms with Crippen LogP contribution in [0.1, 0.15) is 17.5 Å². The van der Waals surface area contributed by atoms with Crippen LogP contribution in [0.2, 0.25) is 0 Å². The minimum atomic E-state index is 1.13. The Balaban J connectivity index is 2.07. The quantitative estimate of drug-likeness (QED) is 0.651. The molecule has 0 atom stereocenters. The largest absolute Gasteiger partial charge is 0.157 e. The van der Waals surface area contributed by atoms with Crippen molar-refractivity contribution in [3.8, 4) is 11.1 Å². The average molecular weight is 286 g/mol. The van der Waals surface area contributed by atoms with Crippen molar-refractivity contribution in [1.82, 2.24) is 0 Å². The van der Waals surface area contributed by atoms with Crippen LogP contribution in [-0.4, -0.2) is 11.5 Å². The van der Waals surface area contributed by atoms with Crippen molar-refractivity contribution in [2.75, 3.05) is 11.5 Å². The lowest BCUT2D eigenvalue weighted by Crippen LogP contribution is -1.91. The smallest absolute Gasteiger partial charge is 0.0190 e. The maximum atomic E-state index is 2.28. The van der Waals surface area contributed by atoms with Crippen LogP contribution >= 0.6 is 23.5 Å². The standard InChI is InChI=1S/C17H18S2/c1-3-8-16-14(6-1)12-18-10-5-11-19-13-15-7-2-4-9-17(15)16/h1-4,6-9H,5,10-13H2. The second-order valence-electron chi connectivity index (χ2n) is 4.77. The molecule has 2 aromatic rings. The number of fused-ring (bicyclic) bond motifs is 3. The first-order valence-electron chi connectivity index (χ1n) is 6.77. The van der Waals surface area contributed by atoms with Crippen molar-refractivity contribution in [1.29, 1.82) is 0 Å². The molecule has 98 valence electrons. The van der Waals surface area contributed by atoms with Crippen LogP contribution in [0.15, 0.2) is 48.5 Å². The lowest BCUT2D eigenvalue weighted by molar-refractivity contribution is 1.12. The highest BCUT2D eigenvalue weighted by molar-refractivity contribution is 7.99. The van der Waals surface area contributed by atoms with Gasteiger partial charge >= 0.3 is 0 Å². The van der Waals surface area contributed by atoms with Crippen molar-refractivity contribution in [3.63, 3.8) is 0 Å². The normalized spacial score (nSPS) is 16.0. The Morgan fingerprint density at radius 1 is 0.632 bits per heavy atom. The predicted molar refractivity (Wildman–Crippen MR) is 88.8 cm³/mol. The molecule has 0 bridgehead atoms. The van der Waals surface area contributed by atoms with Crippen LogP contribution in [-0.2, 0) is 11.5 Å². The maximum absolute atomic E-state index is 2.28. The van der Waals surface area contributed by atoms with Crippen LogP contribution in [0.5, 0.6) is 0 Å². The highest BCUT2D eigenvalue weighted by Gasteiger charge is 2.10. The van der Waals surface area contributed by atoms with Gasteiger partial charge in [0.25, 0.3) is 0 Å². The van der Waals surface area contributed by atoms with Crippen LogP contribution < -0.4 is 0 Å². The van der Waals surface area contributed by atoms with Crippen molar-refractivity contribution >= 4 is 23.5 Å². The van der Waals surface area contributed by atoms with Gasteiger partial charge in [0, 0.05) is 11.5 Å². The molecule has 0 saturated heterocycles. The van der Waals surface area contributed by atoms with Gasteiger partial charge in [0.1, 0.15) is 0 Å². The molecule has 2 aromatic carbocycles. The molecule has 0 saturated carbocycles. The molecular formula is C17H18S2. The predicted octanol–water partition coefficient (Wildman–Crippen LogP) is 5.22. The number of hydrogen-bond acceptors (Lipinski definition) is 2. The Morgan fingerprint density at radius 2 is 1.11 bits per heavy atom. The van der Waals surface area contributed by atoms with E-state index in [1.807, 2.05) is 0 Å². The van der Waals surface area contributed by atoms with Gasteiger partial charge in [-0.2, -0.15) is 23.5 Å². The Labute approximate surface area is 124 Å². The fourth-order valence-corrected chi connectivity index (χ4v) is 4.56. The summed E-state index contributed by atoms with van der Waals surface area (Å²) in [4.78, 5) is 0. The molecule has 0 unspecified atom stereocenters. The molecule has 1 aliphatic heterocycles. The van der Waals surface area contributed by atoms with E-state index in [9.17, 15) is 0 Å². The van der Waals surface area contributed by atoms with Gasteiger partial charge in [-0.05, 0) is 40.2 Å². The van der Waals surface area contributed by atoms with Gasteiger partial charge in [-0.15, -0.1) is 0 Å². The number of benzene rings is 2. The Bertz CT molecular complexity index is 499. The molecule has 0 amide bonds. The van der Waals surface area contributed by atoms with Crippen LogP contribution in [0.4, 0.5) is 0 Å². The third kappa shape index (κ3) is 3.18. The van der Waals surface area contributed by atoms with E-state index in [1.165, 1.54) is 40.2 Å². The fraction of sp³-hybridized carbons (Fsp3) is 0.294. The van der Waals surface area contributed by atoms with E-state index in [1.54, 1.807) is 0 Å². The molecule has 19 heavy (non-hydrogen) atoms. The summed E-state index contributed by atoms with van der Waals surface area (Å²) in [5.74, 6) is 4.82. The topological polar surface area (TPSA) is 0 Å². The summed E-state index contributed by atoms with van der Waals surface area (Å²) in [5, 5.41) is 0. The van der Waals surface area contributed by atoms with Gasteiger partial charge in [0.05, 0.1) is 0 Å². The molecule has 0 aliphatic carbocycles.